The molecule has 1 nitrogen and oxygen atoms in total. The van der Waals surface area contributed by atoms with E-state index in [4.69, 9.17) is 4.43 Å². The lowest BCUT2D eigenvalue weighted by Gasteiger charge is -2.32. The summed E-state index contributed by atoms with van der Waals surface area (Å²) in [5.74, 6) is 1.01. The van der Waals surface area contributed by atoms with Crippen LogP contribution in [0.1, 0.15) is 33.6 Å². The minimum absolute atomic E-state index is 0.0601. The standard InChI is InChI=1S/C10H22OSi/c1-10(2,3)11-12(4,5)8-9-6-7-9/h9H,6-8H2,1-5H3. The SMILES string of the molecule is CC(C)(C)O[Si](C)(C)CC1CC1. The highest BCUT2D eigenvalue weighted by atomic mass is 28.4. The summed E-state index contributed by atoms with van der Waals surface area (Å²) in [6.07, 6.45) is 2.90. The third kappa shape index (κ3) is 4.26. The molecule has 1 aliphatic rings. The van der Waals surface area contributed by atoms with Gasteiger partial charge in [0.05, 0.1) is 0 Å². The molecule has 0 saturated heterocycles. The second-order valence-electron chi connectivity index (χ2n) is 5.62. The van der Waals surface area contributed by atoms with Crippen molar-refractivity contribution in [2.75, 3.05) is 0 Å². The monoisotopic (exact) mass is 186 g/mol. The summed E-state index contributed by atoms with van der Waals surface area (Å²) in [7, 11) is -1.34. The first-order chi connectivity index (χ1) is 5.29. The van der Waals surface area contributed by atoms with Crippen LogP contribution in [0.15, 0.2) is 0 Å². The average Bonchev–Trinajstić information content (AvgIpc) is 2.39. The molecule has 0 radical (unpaired) electrons. The zero-order valence-electron chi connectivity index (χ0n) is 9.11. The van der Waals surface area contributed by atoms with Gasteiger partial charge in [-0.25, -0.2) is 0 Å². The fourth-order valence-electron chi connectivity index (χ4n) is 1.89. The number of rotatable bonds is 3. The summed E-state index contributed by atoms with van der Waals surface area (Å²) in [6, 6.07) is 1.37. The molecule has 0 bridgehead atoms. The lowest BCUT2D eigenvalue weighted by atomic mass is 10.2. The molecule has 0 atom stereocenters. The summed E-state index contributed by atoms with van der Waals surface area (Å²) >= 11 is 0. The van der Waals surface area contributed by atoms with Crippen LogP contribution in [0.4, 0.5) is 0 Å². The largest absolute Gasteiger partial charge is 0.413 e. The Morgan fingerprint density at radius 2 is 1.75 bits per heavy atom. The minimum Gasteiger partial charge on any atom is -0.413 e. The van der Waals surface area contributed by atoms with Crippen molar-refractivity contribution < 1.29 is 4.43 Å². The fourth-order valence-corrected chi connectivity index (χ4v) is 5.43. The summed E-state index contributed by atoms with van der Waals surface area (Å²) in [5.41, 5.74) is 0.0601. The highest BCUT2D eigenvalue weighted by Gasteiger charge is 2.35. The van der Waals surface area contributed by atoms with E-state index in [-0.39, 0.29) is 5.60 Å². The van der Waals surface area contributed by atoms with E-state index in [0.29, 0.717) is 0 Å². The molecule has 0 aromatic heterocycles. The van der Waals surface area contributed by atoms with Crippen LogP contribution in [0.2, 0.25) is 19.1 Å². The van der Waals surface area contributed by atoms with Gasteiger partial charge >= 0.3 is 0 Å². The molecular formula is C10H22OSi. The Balaban J connectivity index is 2.35. The lowest BCUT2D eigenvalue weighted by molar-refractivity contribution is 0.119. The molecule has 1 aliphatic carbocycles. The quantitative estimate of drug-likeness (QED) is 0.614. The Bertz CT molecular complexity index is 154. The summed E-state index contributed by atoms with van der Waals surface area (Å²) < 4.78 is 6.11. The first kappa shape index (κ1) is 10.3. The van der Waals surface area contributed by atoms with Crippen molar-refractivity contribution in [2.24, 2.45) is 5.92 Å². The maximum atomic E-state index is 6.11. The van der Waals surface area contributed by atoms with Gasteiger partial charge in [-0.1, -0.05) is 12.8 Å². The summed E-state index contributed by atoms with van der Waals surface area (Å²) in [6.45, 7) is 11.2. The lowest BCUT2D eigenvalue weighted by Crippen LogP contribution is -2.39. The normalized spacial score (nSPS) is 19.8. The maximum absolute atomic E-state index is 6.11. The second-order valence-corrected chi connectivity index (χ2v) is 9.75. The average molecular weight is 186 g/mol. The van der Waals surface area contributed by atoms with Gasteiger partial charge in [-0.2, -0.15) is 0 Å². The molecule has 12 heavy (non-hydrogen) atoms. The third-order valence-electron chi connectivity index (χ3n) is 2.06. The molecular weight excluding hydrogens is 164 g/mol. The molecule has 0 aliphatic heterocycles. The Labute approximate surface area is 77.6 Å². The predicted molar refractivity (Wildman–Crippen MR) is 55.9 cm³/mol. The van der Waals surface area contributed by atoms with Gasteiger partial charge in [-0.05, 0) is 45.8 Å². The van der Waals surface area contributed by atoms with Crippen molar-refractivity contribution in [3.8, 4) is 0 Å². The van der Waals surface area contributed by atoms with Gasteiger partial charge in [0.25, 0.3) is 0 Å². The topological polar surface area (TPSA) is 9.23 Å². The van der Waals surface area contributed by atoms with E-state index >= 15 is 0 Å². The Morgan fingerprint density at radius 3 is 2.08 bits per heavy atom. The van der Waals surface area contributed by atoms with Crippen LogP contribution in [0.3, 0.4) is 0 Å². The van der Waals surface area contributed by atoms with Crippen LogP contribution in [-0.4, -0.2) is 13.9 Å². The summed E-state index contributed by atoms with van der Waals surface area (Å²) in [4.78, 5) is 0. The molecule has 0 N–H and O–H groups in total. The highest BCUT2D eigenvalue weighted by molar-refractivity contribution is 6.71. The van der Waals surface area contributed by atoms with Crippen molar-refractivity contribution in [2.45, 2.75) is 58.4 Å². The Morgan fingerprint density at radius 1 is 1.25 bits per heavy atom. The molecule has 1 saturated carbocycles. The van der Waals surface area contributed by atoms with Crippen molar-refractivity contribution >= 4 is 8.32 Å². The van der Waals surface area contributed by atoms with E-state index in [2.05, 4.69) is 33.9 Å². The Kier molecular flexibility index (Phi) is 2.69. The van der Waals surface area contributed by atoms with E-state index in [1.54, 1.807) is 0 Å². The van der Waals surface area contributed by atoms with Gasteiger partial charge in [0.2, 0.25) is 0 Å². The molecule has 2 heteroatoms. The molecule has 1 fully saturated rings. The number of hydrogen-bond donors (Lipinski definition) is 0. The first-order valence-electron chi connectivity index (χ1n) is 4.99. The van der Waals surface area contributed by atoms with Gasteiger partial charge in [-0.15, -0.1) is 0 Å². The van der Waals surface area contributed by atoms with Gasteiger partial charge < -0.3 is 4.43 Å². The second kappa shape index (κ2) is 3.15. The zero-order chi connectivity index (χ0) is 9.41. The number of hydrogen-bond acceptors (Lipinski definition) is 1. The third-order valence-corrected chi connectivity index (χ3v) is 4.79. The van der Waals surface area contributed by atoms with Crippen LogP contribution in [0.5, 0.6) is 0 Å². The van der Waals surface area contributed by atoms with Gasteiger partial charge in [0, 0.05) is 5.60 Å². The molecule has 0 heterocycles. The smallest absolute Gasteiger partial charge is 0.187 e. The van der Waals surface area contributed by atoms with E-state index in [1.807, 2.05) is 0 Å². The van der Waals surface area contributed by atoms with Crippen molar-refractivity contribution in [1.82, 2.24) is 0 Å². The van der Waals surface area contributed by atoms with Crippen molar-refractivity contribution in [1.29, 1.82) is 0 Å². The molecule has 0 aromatic carbocycles. The molecule has 72 valence electrons. The van der Waals surface area contributed by atoms with Crippen molar-refractivity contribution in [3.63, 3.8) is 0 Å². The zero-order valence-corrected chi connectivity index (χ0v) is 10.1. The van der Waals surface area contributed by atoms with E-state index in [0.717, 1.165) is 5.92 Å². The van der Waals surface area contributed by atoms with Gasteiger partial charge in [0.1, 0.15) is 0 Å². The molecule has 1 rings (SSSR count). The van der Waals surface area contributed by atoms with Gasteiger partial charge in [-0.3, -0.25) is 0 Å². The van der Waals surface area contributed by atoms with Crippen LogP contribution in [-0.2, 0) is 4.43 Å². The summed E-state index contributed by atoms with van der Waals surface area (Å²) in [5, 5.41) is 0. The Hall–Kier alpha value is 0.177. The van der Waals surface area contributed by atoms with E-state index in [1.165, 1.54) is 18.9 Å². The van der Waals surface area contributed by atoms with Crippen molar-refractivity contribution in [3.05, 3.63) is 0 Å². The molecule has 0 spiro atoms. The minimum atomic E-state index is -1.34. The predicted octanol–water partition coefficient (Wildman–Crippen LogP) is 3.42. The molecule has 0 amide bonds. The van der Waals surface area contributed by atoms with E-state index in [9.17, 15) is 0 Å². The van der Waals surface area contributed by atoms with Crippen LogP contribution in [0.25, 0.3) is 0 Å². The van der Waals surface area contributed by atoms with Crippen LogP contribution < -0.4 is 0 Å². The maximum Gasteiger partial charge on any atom is 0.187 e. The van der Waals surface area contributed by atoms with Gasteiger partial charge in [0.15, 0.2) is 8.32 Å². The fraction of sp³-hybridized carbons (Fsp3) is 1.00. The van der Waals surface area contributed by atoms with Crippen LogP contribution >= 0.6 is 0 Å². The van der Waals surface area contributed by atoms with E-state index < -0.39 is 8.32 Å². The van der Waals surface area contributed by atoms with Crippen LogP contribution in [0, 0.1) is 5.92 Å². The molecule has 0 unspecified atom stereocenters. The highest BCUT2D eigenvalue weighted by Crippen LogP contribution is 2.38. The molecule has 0 aromatic rings. The first-order valence-corrected chi connectivity index (χ1v) is 8.10.